The molecule has 1 N–H and O–H groups in total. The molecule has 1 aromatic carbocycles. The predicted molar refractivity (Wildman–Crippen MR) is 116 cm³/mol. The molecule has 3 rings (SSSR count). The van der Waals surface area contributed by atoms with Crippen LogP contribution in [0.3, 0.4) is 0 Å². The van der Waals surface area contributed by atoms with E-state index in [0.29, 0.717) is 13.0 Å². The first-order valence-corrected chi connectivity index (χ1v) is 10.7. The van der Waals surface area contributed by atoms with Gasteiger partial charge in [0.05, 0.1) is 22.8 Å². The van der Waals surface area contributed by atoms with Crippen LogP contribution in [0.25, 0.3) is 0 Å². The zero-order chi connectivity index (χ0) is 24.1. The normalized spacial score (nSPS) is 22.2. The molecule has 10 heteroatoms. The van der Waals surface area contributed by atoms with Crippen LogP contribution in [-0.4, -0.2) is 60.0 Å². The van der Waals surface area contributed by atoms with E-state index in [9.17, 15) is 18.4 Å². The van der Waals surface area contributed by atoms with Crippen molar-refractivity contribution in [2.45, 2.75) is 77.7 Å². The highest BCUT2D eigenvalue weighted by atomic mass is 19.2. The Kier molecular flexibility index (Phi) is 6.34. The lowest BCUT2D eigenvalue weighted by molar-refractivity contribution is 0.00578. The largest absolute Gasteiger partial charge is 0.497 e. The number of halogens is 2. The summed E-state index contributed by atoms with van der Waals surface area (Å²) in [5.41, 5.74) is -2.52. The summed E-state index contributed by atoms with van der Waals surface area (Å²) in [6.07, 6.45) is -0.0954. The van der Waals surface area contributed by atoms with Crippen molar-refractivity contribution in [1.82, 2.24) is 10.2 Å². The van der Waals surface area contributed by atoms with Crippen LogP contribution < -0.4 is 10.8 Å². The summed E-state index contributed by atoms with van der Waals surface area (Å²) in [5, 5.41) is 2.70. The van der Waals surface area contributed by atoms with E-state index in [-0.39, 0.29) is 23.6 Å². The van der Waals surface area contributed by atoms with Crippen LogP contribution in [0, 0.1) is 11.6 Å². The average molecular weight is 452 g/mol. The molecule has 2 fully saturated rings. The number of alkyl carbamates (subject to hydrolysis) is 1. The summed E-state index contributed by atoms with van der Waals surface area (Å²) < 4.78 is 46.6. The van der Waals surface area contributed by atoms with Gasteiger partial charge in [-0.2, -0.15) is 0 Å². The number of amides is 2. The van der Waals surface area contributed by atoms with Crippen LogP contribution in [0.1, 0.15) is 65.2 Å². The maximum absolute atomic E-state index is 14.9. The number of likely N-dealkylation sites (tertiary alicyclic amines) is 1. The summed E-state index contributed by atoms with van der Waals surface area (Å²) in [6.45, 7) is 13.0. The summed E-state index contributed by atoms with van der Waals surface area (Å²) in [6, 6.07) is 2.24. The first-order chi connectivity index (χ1) is 14.6. The van der Waals surface area contributed by atoms with E-state index in [1.54, 1.807) is 20.8 Å². The van der Waals surface area contributed by atoms with Gasteiger partial charge in [-0.05, 0) is 61.0 Å². The van der Waals surface area contributed by atoms with Gasteiger partial charge < -0.3 is 24.3 Å². The van der Waals surface area contributed by atoms with E-state index in [0.717, 1.165) is 0 Å². The lowest BCUT2D eigenvalue weighted by Crippen LogP contribution is -2.41. The van der Waals surface area contributed by atoms with Crippen LogP contribution in [0.2, 0.25) is 0 Å². The number of hydrogen-bond donors (Lipinski definition) is 1. The highest BCUT2D eigenvalue weighted by molar-refractivity contribution is 6.62. The molecule has 0 aliphatic carbocycles. The van der Waals surface area contributed by atoms with Crippen molar-refractivity contribution in [3.05, 3.63) is 29.3 Å². The lowest BCUT2D eigenvalue weighted by atomic mass is 9.78. The predicted octanol–water partition coefficient (Wildman–Crippen LogP) is 3.00. The van der Waals surface area contributed by atoms with Crippen LogP contribution in [0.5, 0.6) is 0 Å². The zero-order valence-corrected chi connectivity index (χ0v) is 19.7. The first-order valence-electron chi connectivity index (χ1n) is 10.7. The van der Waals surface area contributed by atoms with Crippen molar-refractivity contribution in [2.75, 3.05) is 13.1 Å². The molecule has 7 nitrogen and oxygen atoms in total. The summed E-state index contributed by atoms with van der Waals surface area (Å²) >= 11 is 0. The Bertz CT molecular complexity index is 900. The molecule has 2 aliphatic heterocycles. The Morgan fingerprint density at radius 3 is 2.28 bits per heavy atom. The van der Waals surface area contributed by atoms with Crippen molar-refractivity contribution < 1.29 is 32.4 Å². The van der Waals surface area contributed by atoms with E-state index in [2.05, 4.69) is 5.32 Å². The molecule has 2 amide bonds. The molecule has 32 heavy (non-hydrogen) atoms. The second kappa shape index (κ2) is 8.30. The average Bonchev–Trinajstić information content (AvgIpc) is 3.16. The van der Waals surface area contributed by atoms with E-state index in [1.807, 2.05) is 27.7 Å². The Balaban J connectivity index is 1.70. The zero-order valence-electron chi connectivity index (χ0n) is 19.7. The fourth-order valence-corrected chi connectivity index (χ4v) is 3.59. The Labute approximate surface area is 187 Å². The molecule has 176 valence electrons. The Hall–Kier alpha value is -2.20. The van der Waals surface area contributed by atoms with E-state index < -0.39 is 47.6 Å². The van der Waals surface area contributed by atoms with E-state index in [4.69, 9.17) is 14.0 Å². The molecular formula is C22H31BF2N2O5. The number of carbonyl (C=O) groups excluding carboxylic acids is 2. The second-order valence-corrected chi connectivity index (χ2v) is 10.3. The first kappa shape index (κ1) is 24.4. The number of rotatable bonds is 3. The second-order valence-electron chi connectivity index (χ2n) is 10.3. The van der Waals surface area contributed by atoms with Gasteiger partial charge in [-0.25, -0.2) is 13.6 Å². The molecule has 2 heterocycles. The number of carbonyl (C=O) groups is 2. The topological polar surface area (TPSA) is 77.1 Å². The molecule has 0 spiro atoms. The molecular weight excluding hydrogens is 421 g/mol. The number of benzene rings is 1. The summed E-state index contributed by atoms with van der Waals surface area (Å²) in [7, 11) is -1.08. The number of nitrogens with zero attached hydrogens (tertiary/aromatic N) is 1. The standard InChI is InChI=1S/C22H31BF2N2O5/c1-20(2,3)30-19(29)26-13-10-11-27(12-13)18(28)14-8-9-15(17(25)16(14)24)23-31-21(4,5)22(6,7)32-23/h8-9,13H,10-12H2,1-7H3,(H,26,29)/t13-/m0/s1. The Morgan fingerprint density at radius 2 is 1.72 bits per heavy atom. The summed E-state index contributed by atoms with van der Waals surface area (Å²) in [4.78, 5) is 26.2. The van der Waals surface area contributed by atoms with Gasteiger partial charge in [-0.1, -0.05) is 6.07 Å². The third-order valence-electron chi connectivity index (χ3n) is 6.05. The number of nitrogens with one attached hydrogen (secondary N) is 1. The van der Waals surface area contributed by atoms with Crippen LogP contribution in [0.4, 0.5) is 13.6 Å². The molecule has 1 aromatic rings. The minimum absolute atomic E-state index is 0.0939. The molecule has 0 saturated carbocycles. The van der Waals surface area contributed by atoms with Gasteiger partial charge in [0.2, 0.25) is 0 Å². The van der Waals surface area contributed by atoms with Gasteiger partial charge in [0.1, 0.15) is 5.60 Å². The number of ether oxygens (including phenoxy) is 1. The number of hydrogen-bond acceptors (Lipinski definition) is 5. The molecule has 0 unspecified atom stereocenters. The quantitative estimate of drug-likeness (QED) is 0.714. The van der Waals surface area contributed by atoms with E-state index in [1.165, 1.54) is 17.0 Å². The highest BCUT2D eigenvalue weighted by Crippen LogP contribution is 2.36. The maximum atomic E-state index is 14.9. The smallest absolute Gasteiger partial charge is 0.444 e. The van der Waals surface area contributed by atoms with Gasteiger partial charge in [0.15, 0.2) is 11.6 Å². The van der Waals surface area contributed by atoms with Crippen LogP contribution in [-0.2, 0) is 14.0 Å². The molecule has 0 aromatic heterocycles. The van der Waals surface area contributed by atoms with Crippen LogP contribution in [0.15, 0.2) is 12.1 Å². The van der Waals surface area contributed by atoms with Gasteiger partial charge in [-0.3, -0.25) is 4.79 Å². The molecule has 2 aliphatic rings. The molecule has 1 atom stereocenters. The van der Waals surface area contributed by atoms with Crippen molar-refractivity contribution >= 4 is 24.6 Å². The third kappa shape index (κ3) is 4.91. The lowest BCUT2D eigenvalue weighted by Gasteiger charge is -2.32. The van der Waals surface area contributed by atoms with Gasteiger partial charge >= 0.3 is 13.2 Å². The van der Waals surface area contributed by atoms with Gasteiger partial charge in [-0.15, -0.1) is 0 Å². The molecule has 0 bridgehead atoms. The Morgan fingerprint density at radius 1 is 1.12 bits per heavy atom. The fourth-order valence-electron chi connectivity index (χ4n) is 3.59. The SMILES string of the molecule is CC(C)(C)OC(=O)N[C@H]1CCN(C(=O)c2ccc(B3OC(C)(C)C(C)(C)O3)c(F)c2F)C1. The van der Waals surface area contributed by atoms with Gasteiger partial charge in [0, 0.05) is 18.6 Å². The summed E-state index contributed by atoms with van der Waals surface area (Å²) in [5.74, 6) is -3.06. The minimum Gasteiger partial charge on any atom is -0.444 e. The fraction of sp³-hybridized carbons (Fsp3) is 0.636. The molecule has 2 saturated heterocycles. The highest BCUT2D eigenvalue weighted by Gasteiger charge is 2.52. The molecule has 0 radical (unpaired) electrons. The van der Waals surface area contributed by atoms with Crippen molar-refractivity contribution in [2.24, 2.45) is 0 Å². The van der Waals surface area contributed by atoms with Crippen molar-refractivity contribution in [1.29, 1.82) is 0 Å². The minimum atomic E-state index is -1.24. The van der Waals surface area contributed by atoms with Crippen molar-refractivity contribution in [3.8, 4) is 0 Å². The van der Waals surface area contributed by atoms with Gasteiger partial charge in [0.25, 0.3) is 5.91 Å². The van der Waals surface area contributed by atoms with Crippen molar-refractivity contribution in [3.63, 3.8) is 0 Å². The van der Waals surface area contributed by atoms with Crippen LogP contribution >= 0.6 is 0 Å². The van der Waals surface area contributed by atoms with E-state index >= 15 is 0 Å². The maximum Gasteiger partial charge on any atom is 0.497 e. The third-order valence-corrected chi connectivity index (χ3v) is 6.05. The monoisotopic (exact) mass is 452 g/mol.